The number of aromatic nitrogens is 2. The summed E-state index contributed by atoms with van der Waals surface area (Å²) in [5, 5.41) is 3.65. The van der Waals surface area contributed by atoms with Gasteiger partial charge in [0.1, 0.15) is 18.2 Å². The molecular formula is C27H31ClFN5O4. The number of amides is 1. The predicted molar refractivity (Wildman–Crippen MR) is 143 cm³/mol. The molecule has 0 spiro atoms. The molecule has 3 aromatic rings. The number of nitrogens with one attached hydrogen (secondary N) is 1. The molecule has 3 heterocycles. The van der Waals surface area contributed by atoms with Crippen LogP contribution in [0.1, 0.15) is 19.3 Å². The fourth-order valence-electron chi connectivity index (χ4n) is 5.14. The molecule has 2 aromatic carbocycles. The molecule has 0 bridgehead atoms. The summed E-state index contributed by atoms with van der Waals surface area (Å²) in [7, 11) is 5.38. The number of halogens is 2. The minimum atomic E-state index is -0.568. The van der Waals surface area contributed by atoms with E-state index in [1.807, 2.05) is 23.9 Å². The van der Waals surface area contributed by atoms with E-state index in [0.29, 0.717) is 54.4 Å². The highest BCUT2D eigenvalue weighted by Gasteiger charge is 2.39. The Morgan fingerprint density at radius 3 is 2.79 bits per heavy atom. The monoisotopic (exact) mass is 543 g/mol. The van der Waals surface area contributed by atoms with E-state index in [9.17, 15) is 9.18 Å². The Balaban J connectivity index is 1.37. The molecule has 202 valence electrons. The fourth-order valence-corrected chi connectivity index (χ4v) is 5.31. The minimum Gasteiger partial charge on any atom is -0.493 e. The number of carbonyl (C=O) groups excluding carboxylic acids is 1. The maximum absolute atomic E-state index is 14.5. The van der Waals surface area contributed by atoms with Gasteiger partial charge in [0.15, 0.2) is 17.3 Å². The number of fused-ring (bicyclic) bond motifs is 1. The summed E-state index contributed by atoms with van der Waals surface area (Å²) >= 11 is 5.95. The molecule has 2 aliphatic rings. The zero-order valence-corrected chi connectivity index (χ0v) is 22.4. The Hall–Kier alpha value is -3.21. The number of ether oxygens (including phenoxy) is 3. The molecule has 1 aromatic heterocycles. The molecule has 2 aliphatic heterocycles. The lowest BCUT2D eigenvalue weighted by molar-refractivity contribution is -0.138. The SMILES string of the molecule is COc1cc2ncnc(Nc3cccc(Cl)c3F)c2cc1O[C@H]1C[C@H](C(=O)N(C)C2CCOCC2)N(C)C1. The highest BCUT2D eigenvalue weighted by molar-refractivity contribution is 6.31. The number of rotatable bonds is 7. The molecule has 9 nitrogen and oxygen atoms in total. The van der Waals surface area contributed by atoms with Crippen molar-refractivity contribution in [1.29, 1.82) is 0 Å². The van der Waals surface area contributed by atoms with Crippen LogP contribution in [0.2, 0.25) is 5.02 Å². The van der Waals surface area contributed by atoms with Crippen molar-refractivity contribution in [2.75, 3.05) is 46.3 Å². The molecule has 0 saturated carbocycles. The average molecular weight is 544 g/mol. The predicted octanol–water partition coefficient (Wildman–Crippen LogP) is 4.26. The number of methoxy groups -OCH3 is 1. The van der Waals surface area contributed by atoms with Gasteiger partial charge in [0.2, 0.25) is 5.91 Å². The first-order chi connectivity index (χ1) is 18.4. The molecule has 1 N–H and O–H groups in total. The quantitative estimate of drug-likeness (QED) is 0.473. The summed E-state index contributed by atoms with van der Waals surface area (Å²) in [5.41, 5.74) is 0.798. The second-order valence-corrected chi connectivity index (χ2v) is 10.1. The van der Waals surface area contributed by atoms with Crippen LogP contribution in [0, 0.1) is 5.82 Å². The molecule has 11 heteroatoms. The Labute approximate surface area is 225 Å². The summed E-state index contributed by atoms with van der Waals surface area (Å²) in [5.74, 6) is 0.931. The molecule has 0 unspecified atom stereocenters. The van der Waals surface area contributed by atoms with Crippen LogP contribution in [0.4, 0.5) is 15.9 Å². The van der Waals surface area contributed by atoms with E-state index in [-0.39, 0.29) is 34.8 Å². The van der Waals surface area contributed by atoms with E-state index in [1.54, 1.807) is 31.4 Å². The summed E-state index contributed by atoms with van der Waals surface area (Å²) in [6, 6.07) is 8.18. The molecule has 2 fully saturated rings. The topological polar surface area (TPSA) is 89.0 Å². The Morgan fingerprint density at radius 2 is 2.03 bits per heavy atom. The first-order valence-corrected chi connectivity index (χ1v) is 13.0. The largest absolute Gasteiger partial charge is 0.493 e. The molecular weight excluding hydrogens is 513 g/mol. The van der Waals surface area contributed by atoms with Crippen LogP contribution in [-0.2, 0) is 9.53 Å². The van der Waals surface area contributed by atoms with Gasteiger partial charge in [-0.05, 0) is 38.1 Å². The van der Waals surface area contributed by atoms with Crippen molar-refractivity contribution in [2.45, 2.75) is 37.5 Å². The van der Waals surface area contributed by atoms with E-state index in [0.717, 1.165) is 12.8 Å². The van der Waals surface area contributed by atoms with Gasteiger partial charge in [-0.3, -0.25) is 9.69 Å². The molecule has 38 heavy (non-hydrogen) atoms. The first kappa shape index (κ1) is 26.4. The van der Waals surface area contributed by atoms with E-state index in [4.69, 9.17) is 25.8 Å². The summed E-state index contributed by atoms with van der Waals surface area (Å²) in [6.45, 7) is 1.95. The van der Waals surface area contributed by atoms with Gasteiger partial charge < -0.3 is 24.4 Å². The Bertz CT molecular complexity index is 1320. The Kier molecular flexibility index (Phi) is 7.83. The van der Waals surface area contributed by atoms with Crippen molar-refractivity contribution < 1.29 is 23.4 Å². The Morgan fingerprint density at radius 1 is 1.24 bits per heavy atom. The summed E-state index contributed by atoms with van der Waals surface area (Å²) < 4.78 is 32.0. The number of benzene rings is 2. The maximum Gasteiger partial charge on any atom is 0.240 e. The normalized spacial score (nSPS) is 20.4. The zero-order valence-electron chi connectivity index (χ0n) is 21.6. The van der Waals surface area contributed by atoms with Crippen LogP contribution in [0.5, 0.6) is 11.5 Å². The lowest BCUT2D eigenvalue weighted by Gasteiger charge is -2.34. The van der Waals surface area contributed by atoms with Gasteiger partial charge in [-0.1, -0.05) is 17.7 Å². The van der Waals surface area contributed by atoms with Crippen molar-refractivity contribution in [3.8, 4) is 11.5 Å². The van der Waals surface area contributed by atoms with E-state index in [1.165, 1.54) is 12.4 Å². The van der Waals surface area contributed by atoms with Gasteiger partial charge in [0, 0.05) is 50.7 Å². The summed E-state index contributed by atoms with van der Waals surface area (Å²) in [4.78, 5) is 25.9. The van der Waals surface area contributed by atoms with Crippen molar-refractivity contribution in [3.63, 3.8) is 0 Å². The van der Waals surface area contributed by atoms with Crippen molar-refractivity contribution in [1.82, 2.24) is 19.8 Å². The first-order valence-electron chi connectivity index (χ1n) is 12.6. The standard InChI is InChI=1S/C27H31ClFN5O4/c1-33-14-17(11-22(33)27(35)34(2)16-7-9-37-10-8-16)38-24-12-18-21(13-23(24)36-3)30-15-31-26(18)32-20-6-4-5-19(28)25(20)29/h4-6,12-13,15-17,22H,7-11,14H2,1-3H3,(H,30,31,32)/t17-,22+/m0/s1. The van der Waals surface area contributed by atoms with E-state index < -0.39 is 5.82 Å². The third kappa shape index (κ3) is 5.34. The van der Waals surface area contributed by atoms with Gasteiger partial charge >= 0.3 is 0 Å². The van der Waals surface area contributed by atoms with Crippen LogP contribution < -0.4 is 14.8 Å². The number of nitrogens with zero attached hydrogens (tertiary/aromatic N) is 4. The van der Waals surface area contributed by atoms with Crippen molar-refractivity contribution in [2.24, 2.45) is 0 Å². The van der Waals surface area contributed by atoms with Gasteiger partial charge in [-0.2, -0.15) is 0 Å². The van der Waals surface area contributed by atoms with Crippen LogP contribution in [0.15, 0.2) is 36.7 Å². The minimum absolute atomic E-state index is 0.0102. The fraction of sp³-hybridized carbons (Fsp3) is 0.444. The van der Waals surface area contributed by atoms with Crippen LogP contribution in [0.3, 0.4) is 0 Å². The molecule has 2 saturated heterocycles. The van der Waals surface area contributed by atoms with Crippen LogP contribution in [-0.4, -0.2) is 84.8 Å². The number of hydrogen-bond acceptors (Lipinski definition) is 8. The lowest BCUT2D eigenvalue weighted by atomic mass is 10.1. The second kappa shape index (κ2) is 11.3. The lowest BCUT2D eigenvalue weighted by Crippen LogP contribution is -2.48. The smallest absolute Gasteiger partial charge is 0.240 e. The second-order valence-electron chi connectivity index (χ2n) is 9.69. The number of anilines is 2. The van der Waals surface area contributed by atoms with E-state index in [2.05, 4.69) is 15.3 Å². The number of likely N-dealkylation sites (tertiary alicyclic amines) is 1. The highest BCUT2D eigenvalue weighted by Crippen LogP contribution is 2.37. The molecule has 2 atom stereocenters. The van der Waals surface area contributed by atoms with Gasteiger partial charge in [-0.25, -0.2) is 14.4 Å². The van der Waals surface area contributed by atoms with Crippen molar-refractivity contribution >= 4 is 39.9 Å². The maximum atomic E-state index is 14.5. The third-order valence-corrected chi connectivity index (χ3v) is 7.59. The van der Waals surface area contributed by atoms with Gasteiger partial charge in [-0.15, -0.1) is 0 Å². The number of hydrogen-bond donors (Lipinski definition) is 1. The molecule has 0 radical (unpaired) electrons. The third-order valence-electron chi connectivity index (χ3n) is 7.30. The average Bonchev–Trinajstić information content (AvgIpc) is 3.30. The molecule has 0 aliphatic carbocycles. The van der Waals surface area contributed by atoms with Crippen molar-refractivity contribution in [3.05, 3.63) is 47.5 Å². The molecule has 5 rings (SSSR count). The van der Waals surface area contributed by atoms with Crippen LogP contribution in [0.25, 0.3) is 10.9 Å². The number of carbonyl (C=O) groups is 1. The summed E-state index contributed by atoms with van der Waals surface area (Å²) in [6.07, 6.45) is 3.42. The van der Waals surface area contributed by atoms with E-state index >= 15 is 0 Å². The zero-order chi connectivity index (χ0) is 26.8. The highest BCUT2D eigenvalue weighted by atomic mass is 35.5. The molecule has 1 amide bonds. The van der Waals surface area contributed by atoms with Gasteiger partial charge in [0.05, 0.1) is 29.4 Å². The number of likely N-dealkylation sites (N-methyl/N-ethyl adjacent to an activating group) is 2. The van der Waals surface area contributed by atoms with Crippen LogP contribution >= 0.6 is 11.6 Å². The van der Waals surface area contributed by atoms with Gasteiger partial charge in [0.25, 0.3) is 0 Å².